The molecule has 3 aliphatic carbocycles. The fourth-order valence-corrected chi connectivity index (χ4v) is 4.42. The van der Waals surface area contributed by atoms with Gasteiger partial charge in [-0.3, -0.25) is 4.79 Å². The van der Waals surface area contributed by atoms with Gasteiger partial charge in [0.2, 0.25) is 5.91 Å². The molecule has 0 spiro atoms. The van der Waals surface area contributed by atoms with Crippen LogP contribution in [-0.4, -0.2) is 29.9 Å². The molecular weight excluding hydrogens is 284 g/mol. The van der Waals surface area contributed by atoms with Crippen LogP contribution < -0.4 is 5.73 Å². The SMILES string of the molecule is CCCN(CC1CC1)C(=O)C1CC2CCCC(C1)C2N.Cl. The normalized spacial score (nSPS) is 35.0. The summed E-state index contributed by atoms with van der Waals surface area (Å²) in [4.78, 5) is 15.0. The summed E-state index contributed by atoms with van der Waals surface area (Å²) in [6, 6.07) is 0.371. The predicted molar refractivity (Wildman–Crippen MR) is 88.4 cm³/mol. The standard InChI is InChI=1S/C17H30N2O.ClH/c1-2-8-19(11-12-6-7-12)17(20)15-9-13-4-3-5-14(10-15)16(13)18;/h12-16H,2-11,18H2,1H3;1H. The maximum atomic E-state index is 12.9. The monoisotopic (exact) mass is 314 g/mol. The minimum atomic E-state index is 0. The molecule has 4 heteroatoms. The lowest BCUT2D eigenvalue weighted by Gasteiger charge is -2.44. The van der Waals surface area contributed by atoms with Crippen LogP contribution in [0, 0.1) is 23.7 Å². The fraction of sp³-hybridized carbons (Fsp3) is 0.941. The van der Waals surface area contributed by atoms with Gasteiger partial charge in [0.15, 0.2) is 0 Å². The average molecular weight is 315 g/mol. The molecule has 0 saturated heterocycles. The van der Waals surface area contributed by atoms with E-state index in [0.29, 0.717) is 23.8 Å². The van der Waals surface area contributed by atoms with Crippen molar-refractivity contribution in [1.82, 2.24) is 4.90 Å². The lowest BCUT2D eigenvalue weighted by atomic mass is 9.65. The van der Waals surface area contributed by atoms with Gasteiger partial charge in [0.1, 0.15) is 0 Å². The van der Waals surface area contributed by atoms with Crippen LogP contribution in [0.5, 0.6) is 0 Å². The molecule has 3 rings (SSSR count). The van der Waals surface area contributed by atoms with E-state index in [1.165, 1.54) is 32.1 Å². The summed E-state index contributed by atoms with van der Waals surface area (Å²) in [5, 5.41) is 0. The van der Waals surface area contributed by atoms with Gasteiger partial charge in [0.25, 0.3) is 0 Å². The number of carbonyl (C=O) groups excluding carboxylic acids is 1. The second-order valence-electron chi connectivity index (χ2n) is 7.42. The zero-order chi connectivity index (χ0) is 14.1. The van der Waals surface area contributed by atoms with Crippen molar-refractivity contribution in [3.63, 3.8) is 0 Å². The Hall–Kier alpha value is -0.280. The van der Waals surface area contributed by atoms with Gasteiger partial charge in [0, 0.05) is 25.0 Å². The number of carbonyl (C=O) groups is 1. The number of halogens is 1. The summed E-state index contributed by atoms with van der Waals surface area (Å²) in [5.74, 6) is 2.75. The van der Waals surface area contributed by atoms with Crippen molar-refractivity contribution in [2.75, 3.05) is 13.1 Å². The highest BCUT2D eigenvalue weighted by Gasteiger charge is 2.42. The number of hydrogen-bond donors (Lipinski definition) is 1. The minimum Gasteiger partial charge on any atom is -0.342 e. The first-order chi connectivity index (χ1) is 9.69. The molecule has 2 atom stereocenters. The molecule has 3 saturated carbocycles. The maximum Gasteiger partial charge on any atom is 0.225 e. The Morgan fingerprint density at radius 2 is 1.76 bits per heavy atom. The zero-order valence-corrected chi connectivity index (χ0v) is 14.1. The fourth-order valence-electron chi connectivity index (χ4n) is 4.42. The summed E-state index contributed by atoms with van der Waals surface area (Å²) in [7, 11) is 0. The van der Waals surface area contributed by atoms with E-state index in [4.69, 9.17) is 5.73 Å². The number of rotatable bonds is 5. The summed E-state index contributed by atoms with van der Waals surface area (Å²) >= 11 is 0. The van der Waals surface area contributed by atoms with E-state index in [1.54, 1.807) is 0 Å². The maximum absolute atomic E-state index is 12.9. The summed E-state index contributed by atoms with van der Waals surface area (Å²) in [6.45, 7) is 4.15. The molecule has 1 amide bonds. The molecule has 0 aromatic heterocycles. The third kappa shape index (κ3) is 3.92. The number of fused-ring (bicyclic) bond motifs is 2. The summed E-state index contributed by atoms with van der Waals surface area (Å²) in [6.07, 6.45) is 9.67. The second-order valence-corrected chi connectivity index (χ2v) is 7.42. The van der Waals surface area contributed by atoms with Crippen molar-refractivity contribution < 1.29 is 4.79 Å². The molecule has 122 valence electrons. The van der Waals surface area contributed by atoms with Gasteiger partial charge in [-0.1, -0.05) is 13.3 Å². The molecule has 2 bridgehead atoms. The quantitative estimate of drug-likeness (QED) is 0.847. The van der Waals surface area contributed by atoms with Crippen molar-refractivity contribution in [3.8, 4) is 0 Å². The molecule has 3 fully saturated rings. The van der Waals surface area contributed by atoms with Gasteiger partial charge in [-0.05, 0) is 62.7 Å². The topological polar surface area (TPSA) is 46.3 Å². The Morgan fingerprint density at radius 3 is 2.29 bits per heavy atom. The lowest BCUT2D eigenvalue weighted by molar-refractivity contribution is -0.139. The van der Waals surface area contributed by atoms with Crippen LogP contribution in [-0.2, 0) is 4.79 Å². The van der Waals surface area contributed by atoms with Crippen LogP contribution in [0.3, 0.4) is 0 Å². The van der Waals surface area contributed by atoms with E-state index in [9.17, 15) is 4.79 Å². The number of hydrogen-bond acceptors (Lipinski definition) is 2. The first-order valence-corrected chi connectivity index (χ1v) is 8.73. The Morgan fingerprint density at radius 1 is 1.14 bits per heavy atom. The molecule has 0 aliphatic heterocycles. The first-order valence-electron chi connectivity index (χ1n) is 8.73. The van der Waals surface area contributed by atoms with Crippen LogP contribution in [0.15, 0.2) is 0 Å². The Kier molecular flexibility index (Phi) is 5.96. The van der Waals surface area contributed by atoms with Gasteiger partial charge in [0.05, 0.1) is 0 Å². The van der Waals surface area contributed by atoms with Crippen molar-refractivity contribution in [3.05, 3.63) is 0 Å². The van der Waals surface area contributed by atoms with Gasteiger partial charge in [-0.15, -0.1) is 12.4 Å². The minimum absolute atomic E-state index is 0. The van der Waals surface area contributed by atoms with E-state index in [-0.39, 0.29) is 18.3 Å². The smallest absolute Gasteiger partial charge is 0.225 e. The average Bonchev–Trinajstić information content (AvgIpc) is 3.21. The molecule has 0 aromatic carbocycles. The Bertz CT molecular complexity index is 345. The molecule has 2 unspecified atom stereocenters. The van der Waals surface area contributed by atoms with Gasteiger partial charge in [-0.25, -0.2) is 0 Å². The van der Waals surface area contributed by atoms with Crippen molar-refractivity contribution in [1.29, 1.82) is 0 Å². The molecule has 2 N–H and O–H groups in total. The lowest BCUT2D eigenvalue weighted by Crippen LogP contribution is -2.50. The number of amides is 1. The van der Waals surface area contributed by atoms with Crippen molar-refractivity contribution in [2.24, 2.45) is 29.4 Å². The molecular formula is C17H31ClN2O. The third-order valence-electron chi connectivity index (χ3n) is 5.74. The van der Waals surface area contributed by atoms with Crippen LogP contribution >= 0.6 is 12.4 Å². The summed E-state index contributed by atoms with van der Waals surface area (Å²) < 4.78 is 0. The highest BCUT2D eigenvalue weighted by atomic mass is 35.5. The van der Waals surface area contributed by atoms with Gasteiger partial charge < -0.3 is 10.6 Å². The number of nitrogens with zero attached hydrogens (tertiary/aromatic N) is 1. The van der Waals surface area contributed by atoms with Crippen LogP contribution in [0.2, 0.25) is 0 Å². The van der Waals surface area contributed by atoms with Gasteiger partial charge in [-0.2, -0.15) is 0 Å². The van der Waals surface area contributed by atoms with E-state index in [2.05, 4.69) is 11.8 Å². The van der Waals surface area contributed by atoms with Crippen molar-refractivity contribution >= 4 is 18.3 Å². The second kappa shape index (κ2) is 7.32. The van der Waals surface area contributed by atoms with Crippen molar-refractivity contribution in [2.45, 2.75) is 64.3 Å². The molecule has 0 heterocycles. The molecule has 3 aliphatic rings. The highest BCUT2D eigenvalue weighted by molar-refractivity contribution is 5.85. The predicted octanol–water partition coefficient (Wildman–Crippen LogP) is 3.21. The zero-order valence-electron chi connectivity index (χ0n) is 13.3. The molecule has 0 radical (unpaired) electrons. The molecule has 0 aromatic rings. The van der Waals surface area contributed by atoms with E-state index in [0.717, 1.165) is 38.3 Å². The largest absolute Gasteiger partial charge is 0.342 e. The third-order valence-corrected chi connectivity index (χ3v) is 5.74. The number of nitrogens with two attached hydrogens (primary N) is 1. The summed E-state index contributed by atoms with van der Waals surface area (Å²) in [5.41, 5.74) is 6.35. The van der Waals surface area contributed by atoms with E-state index >= 15 is 0 Å². The van der Waals surface area contributed by atoms with E-state index in [1.807, 2.05) is 0 Å². The van der Waals surface area contributed by atoms with Gasteiger partial charge >= 0.3 is 0 Å². The van der Waals surface area contributed by atoms with Crippen LogP contribution in [0.25, 0.3) is 0 Å². The van der Waals surface area contributed by atoms with Crippen LogP contribution in [0.4, 0.5) is 0 Å². The van der Waals surface area contributed by atoms with E-state index < -0.39 is 0 Å². The first kappa shape index (κ1) is 17.1. The Balaban J connectivity index is 0.00000161. The molecule has 21 heavy (non-hydrogen) atoms. The van der Waals surface area contributed by atoms with Crippen LogP contribution in [0.1, 0.15) is 58.3 Å². The Labute approximate surface area is 135 Å². The molecule has 3 nitrogen and oxygen atoms in total. The highest BCUT2D eigenvalue weighted by Crippen LogP contribution is 2.42.